The largest absolute Gasteiger partial charge is 0.462 e. The molecule has 4 rings (SSSR count). The summed E-state index contributed by atoms with van der Waals surface area (Å²) in [6, 6.07) is 7.60. The molecule has 0 aliphatic heterocycles. The molecule has 0 heterocycles. The molecule has 0 aromatic heterocycles. The Labute approximate surface area is 219 Å². The second-order valence-corrected chi connectivity index (χ2v) is 13.0. The molecule has 2 nitrogen and oxygen atoms in total. The van der Waals surface area contributed by atoms with Gasteiger partial charge in [0.05, 0.1) is 0 Å². The lowest BCUT2D eigenvalue weighted by atomic mass is 9.70. The summed E-state index contributed by atoms with van der Waals surface area (Å²) in [5.74, 6) is 6.53. The first kappa shape index (κ1) is 26.5. The average Bonchev–Trinajstić information content (AvgIpc) is 2.91. The molecule has 1 aromatic rings. The molecule has 36 heavy (non-hydrogen) atoms. The van der Waals surface area contributed by atoms with Crippen LogP contribution >= 0.6 is 0 Å². The second kappa shape index (κ2) is 11.3. The number of ether oxygens (including phenoxy) is 1. The van der Waals surface area contributed by atoms with Gasteiger partial charge in [0, 0.05) is 31.2 Å². The van der Waals surface area contributed by atoms with Gasteiger partial charge >= 0.3 is 0 Å². The van der Waals surface area contributed by atoms with E-state index in [0.29, 0.717) is 0 Å². The minimum Gasteiger partial charge on any atom is -0.462 e. The highest BCUT2D eigenvalue weighted by atomic mass is 32.2. The van der Waals surface area contributed by atoms with Crippen molar-refractivity contribution >= 4 is 15.4 Å². The molecule has 0 amide bonds. The van der Waals surface area contributed by atoms with Crippen molar-refractivity contribution < 1.29 is 8.95 Å². The standard InChI is InChI=1S/C33H42O2S/c1-6-25(7-2)26-13-15-27(16-14-26)33(3,4)28-17-19-29(20-18-28)35-30-21-23-32(24-22-30)36(5,34)31-11-9-8-10-12-31/h9,11-13,15,17,19,21-25H,5-8,10,14,16,18,20H2,1-4H3. The lowest BCUT2D eigenvalue weighted by molar-refractivity contribution is 0.389. The Morgan fingerprint density at radius 3 is 2.11 bits per heavy atom. The predicted molar refractivity (Wildman–Crippen MR) is 156 cm³/mol. The highest BCUT2D eigenvalue weighted by Crippen LogP contribution is 2.44. The summed E-state index contributed by atoms with van der Waals surface area (Å²) in [5.41, 5.74) is 4.70. The van der Waals surface area contributed by atoms with Crippen LogP contribution in [0.15, 0.2) is 99.1 Å². The summed E-state index contributed by atoms with van der Waals surface area (Å²) in [7, 11) is -2.47. The van der Waals surface area contributed by atoms with Crippen LogP contribution in [0.5, 0.6) is 5.75 Å². The van der Waals surface area contributed by atoms with Gasteiger partial charge in [-0.3, -0.25) is 4.21 Å². The quantitative estimate of drug-likeness (QED) is 0.315. The van der Waals surface area contributed by atoms with E-state index in [1.54, 1.807) is 5.57 Å². The summed E-state index contributed by atoms with van der Waals surface area (Å²) >= 11 is 0. The normalized spacial score (nSPS) is 20.1. The maximum absolute atomic E-state index is 13.3. The lowest BCUT2D eigenvalue weighted by Crippen LogP contribution is -2.21. The van der Waals surface area contributed by atoms with E-state index >= 15 is 0 Å². The van der Waals surface area contributed by atoms with Gasteiger partial charge in [0.1, 0.15) is 11.5 Å². The number of allylic oxidation sites excluding steroid dienone is 11. The van der Waals surface area contributed by atoms with Crippen molar-refractivity contribution in [1.82, 2.24) is 0 Å². The second-order valence-electron chi connectivity index (χ2n) is 10.7. The van der Waals surface area contributed by atoms with Crippen molar-refractivity contribution in [2.75, 3.05) is 0 Å². The molecule has 0 spiro atoms. The van der Waals surface area contributed by atoms with Gasteiger partial charge < -0.3 is 4.74 Å². The van der Waals surface area contributed by atoms with Gasteiger partial charge in [-0.05, 0) is 87.1 Å². The van der Waals surface area contributed by atoms with Gasteiger partial charge in [-0.1, -0.05) is 80.9 Å². The summed E-state index contributed by atoms with van der Waals surface area (Å²) in [6.07, 6.45) is 23.9. The molecule has 0 saturated carbocycles. The summed E-state index contributed by atoms with van der Waals surface area (Å²) < 4.78 is 19.5. The molecule has 0 saturated heterocycles. The van der Waals surface area contributed by atoms with Gasteiger partial charge in [-0.25, -0.2) is 0 Å². The van der Waals surface area contributed by atoms with Crippen LogP contribution in [-0.2, 0) is 9.52 Å². The maximum Gasteiger partial charge on any atom is 0.127 e. The minimum absolute atomic E-state index is 0.0657. The smallest absolute Gasteiger partial charge is 0.127 e. The van der Waals surface area contributed by atoms with Crippen LogP contribution in [0.1, 0.15) is 79.1 Å². The van der Waals surface area contributed by atoms with E-state index < -0.39 is 9.52 Å². The molecule has 1 atom stereocenters. The number of benzene rings is 1. The van der Waals surface area contributed by atoms with Crippen LogP contribution < -0.4 is 4.74 Å². The molecule has 0 bridgehead atoms. The van der Waals surface area contributed by atoms with E-state index in [1.807, 2.05) is 36.4 Å². The predicted octanol–water partition coefficient (Wildman–Crippen LogP) is 9.09. The molecular weight excluding hydrogens is 460 g/mol. The fraction of sp³-hybridized carbons (Fsp3) is 0.424. The molecule has 192 valence electrons. The lowest BCUT2D eigenvalue weighted by Gasteiger charge is -2.35. The topological polar surface area (TPSA) is 26.3 Å². The zero-order chi connectivity index (χ0) is 25.8. The van der Waals surface area contributed by atoms with Crippen LogP contribution in [-0.4, -0.2) is 10.1 Å². The summed E-state index contributed by atoms with van der Waals surface area (Å²) in [4.78, 5) is 1.57. The van der Waals surface area contributed by atoms with Crippen LogP contribution in [0.2, 0.25) is 0 Å². The van der Waals surface area contributed by atoms with Crippen molar-refractivity contribution in [3.05, 3.63) is 94.2 Å². The number of rotatable bonds is 9. The first-order valence-corrected chi connectivity index (χ1v) is 15.3. The minimum atomic E-state index is -2.47. The van der Waals surface area contributed by atoms with E-state index in [9.17, 15) is 4.21 Å². The Morgan fingerprint density at radius 2 is 1.58 bits per heavy atom. The molecule has 1 aromatic carbocycles. The van der Waals surface area contributed by atoms with E-state index in [2.05, 4.69) is 63.9 Å². The fourth-order valence-electron chi connectivity index (χ4n) is 5.61. The van der Waals surface area contributed by atoms with E-state index in [1.165, 1.54) is 30.4 Å². The molecular formula is C33H42O2S. The third-order valence-electron chi connectivity index (χ3n) is 8.20. The van der Waals surface area contributed by atoms with Gasteiger partial charge in [0.15, 0.2) is 0 Å². The van der Waals surface area contributed by atoms with Crippen molar-refractivity contribution in [2.24, 2.45) is 11.3 Å². The Hall–Kier alpha value is -2.52. The maximum atomic E-state index is 13.3. The average molecular weight is 503 g/mol. The molecule has 3 aliphatic rings. The monoisotopic (exact) mass is 502 g/mol. The van der Waals surface area contributed by atoms with Crippen molar-refractivity contribution in [1.29, 1.82) is 0 Å². The molecule has 3 aliphatic carbocycles. The summed E-state index contributed by atoms with van der Waals surface area (Å²) in [6.45, 7) is 9.34. The fourth-order valence-corrected chi connectivity index (χ4v) is 7.16. The Bertz CT molecular complexity index is 1240. The number of hydrogen-bond donors (Lipinski definition) is 0. The summed E-state index contributed by atoms with van der Waals surface area (Å²) in [5, 5.41) is 0. The highest BCUT2D eigenvalue weighted by molar-refractivity contribution is 8.04. The van der Waals surface area contributed by atoms with Crippen LogP contribution in [0, 0.1) is 11.3 Å². The van der Waals surface area contributed by atoms with Crippen molar-refractivity contribution in [2.45, 2.75) is 84.0 Å². The zero-order valence-electron chi connectivity index (χ0n) is 22.5. The van der Waals surface area contributed by atoms with Crippen LogP contribution in [0.25, 0.3) is 0 Å². The van der Waals surface area contributed by atoms with Gasteiger partial charge in [0.2, 0.25) is 0 Å². The third kappa shape index (κ3) is 5.72. The van der Waals surface area contributed by atoms with Crippen molar-refractivity contribution in [3.8, 4) is 5.75 Å². The van der Waals surface area contributed by atoms with E-state index in [4.69, 9.17) is 4.74 Å². The zero-order valence-corrected chi connectivity index (χ0v) is 23.3. The van der Waals surface area contributed by atoms with Gasteiger partial charge in [-0.2, -0.15) is 0 Å². The molecule has 1 unspecified atom stereocenters. The van der Waals surface area contributed by atoms with E-state index in [0.717, 1.165) is 59.3 Å². The van der Waals surface area contributed by atoms with Gasteiger partial charge in [0.25, 0.3) is 0 Å². The third-order valence-corrected chi connectivity index (χ3v) is 10.3. The highest BCUT2D eigenvalue weighted by Gasteiger charge is 2.30. The molecule has 0 radical (unpaired) electrons. The Morgan fingerprint density at radius 1 is 0.917 bits per heavy atom. The van der Waals surface area contributed by atoms with Crippen LogP contribution in [0.3, 0.4) is 0 Å². The van der Waals surface area contributed by atoms with Crippen molar-refractivity contribution in [3.63, 3.8) is 0 Å². The number of hydrogen-bond acceptors (Lipinski definition) is 2. The van der Waals surface area contributed by atoms with E-state index in [-0.39, 0.29) is 5.41 Å². The first-order valence-electron chi connectivity index (χ1n) is 13.6. The van der Waals surface area contributed by atoms with Gasteiger partial charge in [-0.15, -0.1) is 0 Å². The first-order chi connectivity index (χ1) is 17.3. The SMILES string of the molecule is C=S(=O)(C1=CCCC=C1)c1ccc(OC2=CC=C(C(C)(C)C3=CC=C(C(CC)CC)CC3)CC2)cc1. The molecule has 3 heteroatoms. The van der Waals surface area contributed by atoms with Crippen LogP contribution in [0.4, 0.5) is 0 Å². The Kier molecular flexibility index (Phi) is 8.30. The Balaban J connectivity index is 1.43. The molecule has 0 fully saturated rings. The molecule has 0 N–H and O–H groups in total.